The number of carbonyl (C=O) groups excluding carboxylic acids is 1. The van der Waals surface area contributed by atoms with Gasteiger partial charge in [0.05, 0.1) is 22.9 Å². The molecule has 3 atom stereocenters. The number of hydrogen-bond donors (Lipinski definition) is 3. The van der Waals surface area contributed by atoms with Crippen molar-refractivity contribution in [1.29, 1.82) is 0 Å². The second-order valence-electron chi connectivity index (χ2n) is 11.1. The van der Waals surface area contributed by atoms with Crippen LogP contribution < -0.4 is 10.1 Å². The Morgan fingerprint density at radius 1 is 1.32 bits per heavy atom. The van der Waals surface area contributed by atoms with Crippen molar-refractivity contribution >= 4 is 17.5 Å². The lowest BCUT2D eigenvalue weighted by Gasteiger charge is -2.29. The van der Waals surface area contributed by atoms with Gasteiger partial charge in [0, 0.05) is 42.1 Å². The molecule has 41 heavy (non-hydrogen) atoms. The third kappa shape index (κ3) is 8.85. The maximum atomic E-state index is 13.0. The zero-order valence-electron chi connectivity index (χ0n) is 24.7. The SMILES string of the molecule is C=C=C1C(C(O)C(C)C)=CC=CN1/C=C(\C)C1C=CC(C[C@@H](CCO)NC(=O)c2ccc(OC(C)C)c(Cl)c2)=CC1. The molecule has 0 bridgehead atoms. The summed E-state index contributed by atoms with van der Waals surface area (Å²) in [5, 5.41) is 23.7. The lowest BCUT2D eigenvalue weighted by Crippen LogP contribution is -2.36. The topological polar surface area (TPSA) is 82.0 Å². The van der Waals surface area contributed by atoms with Gasteiger partial charge in [-0.15, -0.1) is 5.73 Å². The van der Waals surface area contributed by atoms with E-state index in [9.17, 15) is 15.0 Å². The molecule has 0 saturated heterocycles. The van der Waals surface area contributed by atoms with E-state index < -0.39 is 6.10 Å². The number of hydrogen-bond acceptors (Lipinski definition) is 5. The lowest BCUT2D eigenvalue weighted by molar-refractivity contribution is 0.0930. The molecule has 0 saturated carbocycles. The Balaban J connectivity index is 1.63. The molecule has 1 aliphatic carbocycles. The van der Waals surface area contributed by atoms with E-state index in [1.165, 1.54) is 0 Å². The fourth-order valence-corrected chi connectivity index (χ4v) is 5.06. The predicted octanol–water partition coefficient (Wildman–Crippen LogP) is 6.85. The van der Waals surface area contributed by atoms with Crippen molar-refractivity contribution in [3.05, 3.63) is 106 Å². The molecule has 0 radical (unpaired) electrons. The van der Waals surface area contributed by atoms with Crippen LogP contribution in [-0.2, 0) is 0 Å². The van der Waals surface area contributed by atoms with E-state index in [2.05, 4.69) is 49.0 Å². The lowest BCUT2D eigenvalue weighted by atomic mass is 9.88. The van der Waals surface area contributed by atoms with Gasteiger partial charge in [-0.25, -0.2) is 0 Å². The quantitative estimate of drug-likeness (QED) is 0.236. The summed E-state index contributed by atoms with van der Waals surface area (Å²) in [6, 6.07) is 4.79. The van der Waals surface area contributed by atoms with Crippen molar-refractivity contribution in [3.8, 4) is 5.75 Å². The first-order valence-electron chi connectivity index (χ1n) is 14.2. The third-order valence-corrected chi connectivity index (χ3v) is 7.42. The molecule has 1 amide bonds. The van der Waals surface area contributed by atoms with Gasteiger partial charge in [0.2, 0.25) is 0 Å². The summed E-state index contributed by atoms with van der Waals surface area (Å²) in [7, 11) is 0. The summed E-state index contributed by atoms with van der Waals surface area (Å²) in [5.74, 6) is 0.590. The highest BCUT2D eigenvalue weighted by Gasteiger charge is 2.24. The van der Waals surface area contributed by atoms with Crippen molar-refractivity contribution in [1.82, 2.24) is 10.2 Å². The number of rotatable bonds is 12. The van der Waals surface area contributed by atoms with Gasteiger partial charge in [0.15, 0.2) is 0 Å². The summed E-state index contributed by atoms with van der Waals surface area (Å²) in [5.41, 5.74) is 7.29. The highest BCUT2D eigenvalue weighted by Crippen LogP contribution is 2.31. The van der Waals surface area contributed by atoms with Gasteiger partial charge in [0.25, 0.3) is 5.91 Å². The standard InChI is InChI=1S/C34H43ClN2O4/c1-7-31-29(33(39)22(2)3)9-8-17-37(31)21-24(6)26-12-10-25(11-13-26)19-28(16-18-38)36-34(40)27-14-15-32(30(35)20-27)41-23(4)5/h8-12,14-15,17,20-23,26,28,33,38-39H,1,13,16,18-19H2,2-6H3,(H,36,40)/b24-21+/t26?,28-,33?/m1/s1. The summed E-state index contributed by atoms with van der Waals surface area (Å²) >= 11 is 6.32. The van der Waals surface area contributed by atoms with Crippen LogP contribution in [0.25, 0.3) is 0 Å². The molecule has 6 nitrogen and oxygen atoms in total. The summed E-state index contributed by atoms with van der Waals surface area (Å²) in [6.45, 7) is 13.7. The van der Waals surface area contributed by atoms with Gasteiger partial charge in [-0.1, -0.05) is 61.9 Å². The average Bonchev–Trinajstić information content (AvgIpc) is 2.93. The van der Waals surface area contributed by atoms with Gasteiger partial charge in [0.1, 0.15) is 5.75 Å². The summed E-state index contributed by atoms with van der Waals surface area (Å²) < 4.78 is 5.66. The highest BCUT2D eigenvalue weighted by molar-refractivity contribution is 6.32. The van der Waals surface area contributed by atoms with Crippen LogP contribution in [0.15, 0.2) is 95.7 Å². The Kier molecular flexibility index (Phi) is 11.9. The Labute approximate surface area is 249 Å². The minimum atomic E-state index is -0.594. The zero-order chi connectivity index (χ0) is 30.1. The Hall–Kier alpha value is -3.28. The third-order valence-electron chi connectivity index (χ3n) is 7.13. The molecule has 1 aromatic rings. The summed E-state index contributed by atoms with van der Waals surface area (Å²) in [6.07, 6.45) is 15.6. The number of carbonyl (C=O) groups is 1. The maximum Gasteiger partial charge on any atom is 0.251 e. The Morgan fingerprint density at radius 2 is 2.07 bits per heavy atom. The smallest absolute Gasteiger partial charge is 0.251 e. The Morgan fingerprint density at radius 3 is 2.66 bits per heavy atom. The number of benzene rings is 1. The van der Waals surface area contributed by atoms with Crippen molar-refractivity contribution in [2.75, 3.05) is 6.61 Å². The molecule has 0 spiro atoms. The van der Waals surface area contributed by atoms with E-state index in [1.807, 2.05) is 50.9 Å². The van der Waals surface area contributed by atoms with E-state index in [4.69, 9.17) is 16.3 Å². The highest BCUT2D eigenvalue weighted by atomic mass is 35.5. The van der Waals surface area contributed by atoms with Crippen LogP contribution in [0.2, 0.25) is 5.02 Å². The first-order valence-corrected chi connectivity index (χ1v) is 14.6. The predicted molar refractivity (Wildman–Crippen MR) is 166 cm³/mol. The van der Waals surface area contributed by atoms with Crippen molar-refractivity contribution in [2.24, 2.45) is 11.8 Å². The fraction of sp³-hybridized carbons (Fsp3) is 0.412. The van der Waals surface area contributed by atoms with Crippen LogP contribution >= 0.6 is 11.6 Å². The first-order chi connectivity index (χ1) is 19.5. The van der Waals surface area contributed by atoms with Gasteiger partial charge in [-0.2, -0.15) is 0 Å². The average molecular weight is 579 g/mol. The van der Waals surface area contributed by atoms with Gasteiger partial charge >= 0.3 is 0 Å². The molecule has 0 aromatic heterocycles. The van der Waals surface area contributed by atoms with Gasteiger partial charge in [-0.05, 0) is 75.8 Å². The minimum Gasteiger partial charge on any atom is -0.489 e. The molecule has 1 aliphatic heterocycles. The molecule has 2 aliphatic rings. The molecule has 1 aromatic carbocycles. The van der Waals surface area contributed by atoms with Crippen LogP contribution in [0.3, 0.4) is 0 Å². The molecule has 0 fully saturated rings. The molecular formula is C34H43ClN2O4. The van der Waals surface area contributed by atoms with Crippen molar-refractivity contribution < 1.29 is 19.7 Å². The summed E-state index contributed by atoms with van der Waals surface area (Å²) in [4.78, 5) is 14.9. The molecule has 2 unspecified atom stereocenters. The maximum absolute atomic E-state index is 13.0. The van der Waals surface area contributed by atoms with Crippen LogP contribution in [0.4, 0.5) is 0 Å². The number of ether oxygens (including phenoxy) is 1. The molecule has 1 heterocycles. The number of allylic oxidation sites excluding steroid dienone is 6. The molecule has 3 rings (SSSR count). The van der Waals surface area contributed by atoms with Gasteiger partial charge in [-0.3, -0.25) is 4.79 Å². The number of nitrogens with one attached hydrogen (secondary N) is 1. The normalized spacial score (nSPS) is 18.7. The van der Waals surface area contributed by atoms with Crippen molar-refractivity contribution in [2.45, 2.75) is 72.1 Å². The van der Waals surface area contributed by atoms with E-state index in [0.29, 0.717) is 29.2 Å². The second-order valence-corrected chi connectivity index (χ2v) is 11.5. The zero-order valence-corrected chi connectivity index (χ0v) is 25.5. The molecule has 7 heteroatoms. The van der Waals surface area contributed by atoms with Crippen molar-refractivity contribution in [3.63, 3.8) is 0 Å². The number of aliphatic hydroxyl groups is 2. The van der Waals surface area contributed by atoms with Crippen LogP contribution in [0.1, 0.15) is 64.2 Å². The Bertz CT molecular complexity index is 1300. The van der Waals surface area contributed by atoms with E-state index in [1.54, 1.807) is 18.2 Å². The molecule has 220 valence electrons. The van der Waals surface area contributed by atoms with Crippen LogP contribution in [0.5, 0.6) is 5.75 Å². The first kappa shape index (κ1) is 32.2. The number of nitrogens with zero attached hydrogens (tertiary/aromatic N) is 1. The minimum absolute atomic E-state index is 0.0198. The van der Waals surface area contributed by atoms with E-state index >= 15 is 0 Å². The fourth-order valence-electron chi connectivity index (χ4n) is 4.84. The molecule has 3 N–H and O–H groups in total. The monoisotopic (exact) mass is 578 g/mol. The second kappa shape index (κ2) is 15.1. The number of amides is 1. The number of halogens is 1. The largest absolute Gasteiger partial charge is 0.489 e. The van der Waals surface area contributed by atoms with Crippen LogP contribution in [0, 0.1) is 11.8 Å². The van der Waals surface area contributed by atoms with Gasteiger partial charge < -0.3 is 25.2 Å². The van der Waals surface area contributed by atoms with Crippen LogP contribution in [-0.4, -0.2) is 45.9 Å². The van der Waals surface area contributed by atoms with E-state index in [-0.39, 0.29) is 36.5 Å². The van der Waals surface area contributed by atoms with E-state index in [0.717, 1.165) is 28.8 Å². The molecular weight excluding hydrogens is 536 g/mol. The number of aliphatic hydroxyl groups excluding tert-OH is 2.